The third-order valence-electron chi connectivity index (χ3n) is 0.789. The molecule has 1 radical (unpaired) electrons. The van der Waals surface area contributed by atoms with Gasteiger partial charge in [-0.25, -0.2) is 0 Å². The van der Waals surface area contributed by atoms with Crippen LogP contribution in [0.2, 0.25) is 0 Å². The Labute approximate surface area is 111 Å². The highest BCUT2D eigenvalue weighted by Gasteiger charge is 2.46. The Balaban J connectivity index is 4.40. The zero-order chi connectivity index (χ0) is 8.58. The van der Waals surface area contributed by atoms with Crippen LogP contribution in [0.4, 0.5) is 0 Å². The second-order valence-corrected chi connectivity index (χ2v) is 12.1. The van der Waals surface area contributed by atoms with E-state index in [0.29, 0.717) is 0 Å². The molecule has 0 unspecified atom stereocenters. The van der Waals surface area contributed by atoms with Crippen LogP contribution in [0.15, 0.2) is 0 Å². The van der Waals surface area contributed by atoms with Gasteiger partial charge in [-0.05, 0) is 6.92 Å². The molecule has 0 aliphatic carbocycles. The molecular weight excluding hydrogens is 527 g/mol. The number of hydrogen-bond acceptors (Lipinski definition) is 0. The Morgan fingerprint density at radius 3 is 1.30 bits per heavy atom. The van der Waals surface area contributed by atoms with Gasteiger partial charge in [-0.2, -0.15) is 0 Å². The molecule has 0 heterocycles. The molecule has 0 saturated carbocycles. The van der Waals surface area contributed by atoms with Crippen LogP contribution in [0.25, 0.3) is 0 Å². The molecule has 0 saturated heterocycles. The van der Waals surface area contributed by atoms with E-state index in [1.165, 1.54) is 0 Å². The maximum atomic E-state index is 3.46. The largest absolute Gasteiger partial charge is 0.135 e. The van der Waals surface area contributed by atoms with Crippen molar-refractivity contribution < 1.29 is 0 Å². The fourth-order valence-corrected chi connectivity index (χ4v) is 2.42. The van der Waals surface area contributed by atoms with Crippen LogP contribution in [0, 0.1) is 3.74 Å². The topological polar surface area (TPSA) is 0 Å². The third kappa shape index (κ3) is 3.32. The fraction of sp³-hybridized carbons (Fsp3) is 0.750. The first-order valence-electron chi connectivity index (χ1n) is 2.13. The molecule has 0 bridgehead atoms. The standard InChI is InChI=1S/C4H3Br6/c1-3(7,8)4(9,10)2(5)6/h1H3. The third-order valence-corrected chi connectivity index (χ3v) is 9.80. The molecule has 0 amide bonds. The summed E-state index contributed by atoms with van der Waals surface area (Å²) in [5.74, 6) is 0. The van der Waals surface area contributed by atoms with Crippen molar-refractivity contribution in [3.8, 4) is 0 Å². The first-order chi connectivity index (χ1) is 4.19. The van der Waals surface area contributed by atoms with Crippen LogP contribution >= 0.6 is 95.6 Å². The van der Waals surface area contributed by atoms with Crippen molar-refractivity contribution in [2.24, 2.45) is 0 Å². The minimum Gasteiger partial charge on any atom is -0.0704 e. The molecule has 0 nitrogen and oxygen atoms in total. The normalized spacial score (nSPS) is 14.4. The molecule has 0 aliphatic heterocycles. The molecule has 0 aromatic heterocycles. The fourth-order valence-electron chi connectivity index (χ4n) is 0.166. The Morgan fingerprint density at radius 1 is 1.00 bits per heavy atom. The van der Waals surface area contributed by atoms with Gasteiger partial charge < -0.3 is 0 Å². The number of rotatable bonds is 2. The number of alkyl halides is 4. The van der Waals surface area contributed by atoms with Crippen molar-refractivity contribution >= 4 is 95.6 Å². The second-order valence-electron chi connectivity index (χ2n) is 1.72. The lowest BCUT2D eigenvalue weighted by Gasteiger charge is -2.31. The zero-order valence-electron chi connectivity index (χ0n) is 4.77. The van der Waals surface area contributed by atoms with Gasteiger partial charge in [0.25, 0.3) is 0 Å². The molecule has 0 aliphatic rings. The van der Waals surface area contributed by atoms with Gasteiger partial charge in [0.1, 0.15) is 10.2 Å². The summed E-state index contributed by atoms with van der Waals surface area (Å²) in [6.07, 6.45) is 0. The molecule has 61 valence electrons. The summed E-state index contributed by atoms with van der Waals surface area (Å²) in [5, 5.41) is 0. The molecule has 0 fully saturated rings. The van der Waals surface area contributed by atoms with Crippen molar-refractivity contribution in [3.05, 3.63) is 3.74 Å². The highest BCUT2D eigenvalue weighted by Crippen LogP contribution is 2.57. The van der Waals surface area contributed by atoms with E-state index in [1.54, 1.807) is 0 Å². The predicted molar refractivity (Wildman–Crippen MR) is 67.9 cm³/mol. The molecule has 0 rings (SSSR count). The number of hydrogen-bond donors (Lipinski definition) is 0. The SMILES string of the molecule is CC(Br)(Br)C(Br)(Br)[C](Br)Br. The molecule has 0 spiro atoms. The van der Waals surface area contributed by atoms with Gasteiger partial charge in [-0.3, -0.25) is 0 Å². The second kappa shape index (κ2) is 4.40. The zero-order valence-corrected chi connectivity index (χ0v) is 14.3. The predicted octanol–water partition coefficient (Wildman–Crippen LogP) is 5.26. The molecule has 10 heavy (non-hydrogen) atoms. The summed E-state index contributed by atoms with van der Waals surface area (Å²) in [5.41, 5.74) is 0. The average molecular weight is 530 g/mol. The lowest BCUT2D eigenvalue weighted by molar-refractivity contribution is 0.922. The lowest BCUT2D eigenvalue weighted by Crippen LogP contribution is -2.32. The summed E-state index contributed by atoms with van der Waals surface area (Å²) < 4.78 is 0.270. The maximum Gasteiger partial charge on any atom is 0.135 e. The molecule has 6 heteroatoms. The molecule has 0 aromatic carbocycles. The van der Waals surface area contributed by atoms with Gasteiger partial charge >= 0.3 is 0 Å². The Kier molecular flexibility index (Phi) is 5.67. The quantitative estimate of drug-likeness (QED) is 0.428. The molecule has 0 aromatic rings. The summed E-state index contributed by atoms with van der Waals surface area (Å²) in [4.78, 5) is 0. The van der Waals surface area contributed by atoms with Crippen LogP contribution in [0.3, 0.4) is 0 Å². The Bertz CT molecular complexity index is 111. The van der Waals surface area contributed by atoms with Crippen molar-refractivity contribution in [3.63, 3.8) is 0 Å². The van der Waals surface area contributed by atoms with Crippen molar-refractivity contribution in [1.82, 2.24) is 0 Å². The van der Waals surface area contributed by atoms with Crippen LogP contribution in [-0.4, -0.2) is 6.47 Å². The average Bonchev–Trinajstić information content (AvgIpc) is 1.62. The maximum absolute atomic E-state index is 3.46. The van der Waals surface area contributed by atoms with Gasteiger partial charge in [-0.15, -0.1) is 0 Å². The summed E-state index contributed by atoms with van der Waals surface area (Å²) in [6, 6.07) is 0. The first-order valence-corrected chi connectivity index (χ1v) is 6.89. The van der Waals surface area contributed by atoms with Crippen LogP contribution in [-0.2, 0) is 0 Å². The van der Waals surface area contributed by atoms with E-state index in [-0.39, 0.29) is 6.47 Å². The van der Waals surface area contributed by atoms with Crippen molar-refractivity contribution in [2.75, 3.05) is 0 Å². The smallest absolute Gasteiger partial charge is 0.0704 e. The van der Waals surface area contributed by atoms with Gasteiger partial charge in [0.05, 0.1) is 0 Å². The van der Waals surface area contributed by atoms with Crippen LogP contribution in [0.5, 0.6) is 0 Å². The number of halogens is 6. The minimum absolute atomic E-state index is 0.255. The van der Waals surface area contributed by atoms with Crippen LogP contribution < -0.4 is 0 Å². The van der Waals surface area contributed by atoms with E-state index in [9.17, 15) is 0 Å². The van der Waals surface area contributed by atoms with E-state index >= 15 is 0 Å². The highest BCUT2D eigenvalue weighted by molar-refractivity contribution is 9.33. The lowest BCUT2D eigenvalue weighted by atomic mass is 10.4. The Hall–Kier alpha value is 2.88. The minimum atomic E-state index is -0.354. The van der Waals surface area contributed by atoms with E-state index in [0.717, 1.165) is 3.74 Å². The van der Waals surface area contributed by atoms with E-state index in [1.807, 2.05) is 6.92 Å². The van der Waals surface area contributed by atoms with Gasteiger partial charge in [0.2, 0.25) is 0 Å². The van der Waals surface area contributed by atoms with Crippen molar-refractivity contribution in [2.45, 2.75) is 13.4 Å². The van der Waals surface area contributed by atoms with E-state index in [2.05, 4.69) is 95.6 Å². The summed E-state index contributed by atoms with van der Waals surface area (Å²) in [6.45, 7) is 1.97. The molecule has 0 N–H and O–H groups in total. The summed E-state index contributed by atoms with van der Waals surface area (Å²) in [7, 11) is 0. The van der Waals surface area contributed by atoms with Gasteiger partial charge in [0, 0.05) is 0 Å². The Morgan fingerprint density at radius 2 is 1.30 bits per heavy atom. The van der Waals surface area contributed by atoms with E-state index in [4.69, 9.17) is 0 Å². The highest BCUT2D eigenvalue weighted by atomic mass is 79.9. The van der Waals surface area contributed by atoms with Crippen LogP contribution in [0.1, 0.15) is 6.92 Å². The monoisotopic (exact) mass is 525 g/mol. The van der Waals surface area contributed by atoms with Crippen molar-refractivity contribution in [1.29, 1.82) is 0 Å². The molecular formula is C4H3Br6. The molecule has 0 atom stereocenters. The van der Waals surface area contributed by atoms with Gasteiger partial charge in [-0.1, -0.05) is 95.6 Å². The first kappa shape index (κ1) is 12.9. The summed E-state index contributed by atoms with van der Waals surface area (Å²) >= 11 is 20.4. The van der Waals surface area contributed by atoms with Gasteiger partial charge in [0.15, 0.2) is 0 Å². The van der Waals surface area contributed by atoms with E-state index < -0.39 is 0 Å².